The molecular weight excluding hydrogens is 209 g/mol. The topological polar surface area (TPSA) is 96.7 Å². The Morgan fingerprint density at radius 3 is 2.64 bits per heavy atom. The predicted octanol–water partition coefficient (Wildman–Crippen LogP) is 0.738. The quantitative estimate of drug-likeness (QED) is 0.717. The molecule has 2 aromatic rings. The zero-order valence-corrected chi connectivity index (χ0v) is 7.72. The maximum Gasteiger partial charge on any atom is 0.360 e. The third-order valence-corrected chi connectivity index (χ3v) is 2.61. The number of hydrogen-bond acceptors (Lipinski definition) is 4. The summed E-state index contributed by atoms with van der Waals surface area (Å²) < 4.78 is 20.4. The van der Waals surface area contributed by atoms with Gasteiger partial charge >= 0.3 is 7.60 Å². The van der Waals surface area contributed by atoms with Crippen molar-refractivity contribution in [3.8, 4) is 11.5 Å². The molecular formula is C7H6NO5P. The summed E-state index contributed by atoms with van der Waals surface area (Å²) in [5.74, 6) is 0.0343. The van der Waals surface area contributed by atoms with E-state index < -0.39 is 7.60 Å². The number of rotatable bonds is 2. The predicted molar refractivity (Wildman–Crippen MR) is 45.9 cm³/mol. The lowest BCUT2D eigenvalue weighted by molar-refractivity contribution is 0.387. The molecule has 2 rings (SSSR count). The molecule has 0 aromatic carbocycles. The van der Waals surface area contributed by atoms with Crippen molar-refractivity contribution in [3.05, 3.63) is 24.7 Å². The van der Waals surface area contributed by atoms with Gasteiger partial charge in [-0.1, -0.05) is 5.16 Å². The van der Waals surface area contributed by atoms with Crippen LogP contribution in [0.1, 0.15) is 0 Å². The van der Waals surface area contributed by atoms with Crippen LogP contribution in [-0.2, 0) is 4.57 Å². The van der Waals surface area contributed by atoms with Crippen LogP contribution in [0, 0.1) is 0 Å². The van der Waals surface area contributed by atoms with Crippen molar-refractivity contribution in [2.75, 3.05) is 0 Å². The van der Waals surface area contributed by atoms with Crippen molar-refractivity contribution in [1.29, 1.82) is 0 Å². The first-order valence-electron chi connectivity index (χ1n) is 3.63. The lowest BCUT2D eigenvalue weighted by Gasteiger charge is -2.00. The molecule has 0 aliphatic rings. The largest absolute Gasteiger partial charge is 0.462 e. The van der Waals surface area contributed by atoms with E-state index in [0.29, 0.717) is 0 Å². The lowest BCUT2D eigenvalue weighted by atomic mass is 10.3. The normalized spacial score (nSPS) is 11.9. The summed E-state index contributed by atoms with van der Waals surface area (Å²) in [6.45, 7) is 0. The van der Waals surface area contributed by atoms with Gasteiger partial charge in [-0.25, -0.2) is 0 Å². The molecule has 0 aliphatic heterocycles. The van der Waals surface area contributed by atoms with Gasteiger partial charge in [0.25, 0.3) is 0 Å². The van der Waals surface area contributed by atoms with Crippen LogP contribution in [0.15, 0.2) is 33.6 Å². The zero-order valence-electron chi connectivity index (χ0n) is 6.82. The van der Waals surface area contributed by atoms with Gasteiger partial charge < -0.3 is 18.7 Å². The molecule has 7 heteroatoms. The van der Waals surface area contributed by atoms with Crippen molar-refractivity contribution in [2.24, 2.45) is 0 Å². The zero-order chi connectivity index (χ0) is 10.2. The SMILES string of the molecule is O=P(O)(O)c1ccoc1-c1ccon1. The van der Waals surface area contributed by atoms with E-state index in [2.05, 4.69) is 9.68 Å². The van der Waals surface area contributed by atoms with Gasteiger partial charge in [0, 0.05) is 6.07 Å². The second-order valence-electron chi connectivity index (χ2n) is 2.56. The van der Waals surface area contributed by atoms with Crippen molar-refractivity contribution in [1.82, 2.24) is 5.16 Å². The Morgan fingerprint density at radius 2 is 2.07 bits per heavy atom. The van der Waals surface area contributed by atoms with Crippen molar-refractivity contribution in [3.63, 3.8) is 0 Å². The average Bonchev–Trinajstić information content (AvgIpc) is 2.73. The third kappa shape index (κ3) is 1.50. The highest BCUT2D eigenvalue weighted by atomic mass is 31.2. The second kappa shape index (κ2) is 3.09. The van der Waals surface area contributed by atoms with E-state index in [0.717, 1.165) is 0 Å². The maximum absolute atomic E-state index is 11.0. The molecule has 0 spiro atoms. The van der Waals surface area contributed by atoms with Gasteiger partial charge in [0.05, 0.1) is 6.26 Å². The smallest absolute Gasteiger partial charge is 0.360 e. The molecule has 74 valence electrons. The average molecular weight is 215 g/mol. The molecule has 0 bridgehead atoms. The van der Waals surface area contributed by atoms with E-state index >= 15 is 0 Å². The molecule has 0 unspecified atom stereocenters. The molecule has 0 aliphatic carbocycles. The van der Waals surface area contributed by atoms with Crippen LogP contribution in [0.2, 0.25) is 0 Å². The number of nitrogens with zero attached hydrogens (tertiary/aromatic N) is 1. The Hall–Kier alpha value is -1.36. The van der Waals surface area contributed by atoms with Crippen LogP contribution in [0.5, 0.6) is 0 Å². The highest BCUT2D eigenvalue weighted by molar-refractivity contribution is 7.60. The Morgan fingerprint density at radius 1 is 1.29 bits per heavy atom. The number of hydrogen-bond donors (Lipinski definition) is 2. The Balaban J connectivity index is 2.56. The minimum absolute atomic E-state index is 0.0343. The van der Waals surface area contributed by atoms with E-state index in [1.54, 1.807) is 0 Å². The summed E-state index contributed by atoms with van der Waals surface area (Å²) in [5.41, 5.74) is 0.258. The molecule has 2 N–H and O–H groups in total. The first kappa shape index (κ1) is 9.21. The molecule has 0 saturated carbocycles. The van der Waals surface area contributed by atoms with Gasteiger partial charge in [-0.2, -0.15) is 0 Å². The van der Waals surface area contributed by atoms with E-state index in [9.17, 15) is 4.57 Å². The molecule has 0 saturated heterocycles. The Kier molecular flexibility index (Phi) is 2.03. The second-order valence-corrected chi connectivity index (χ2v) is 4.13. The number of aromatic nitrogens is 1. The molecule has 2 aromatic heterocycles. The van der Waals surface area contributed by atoms with Gasteiger partial charge in [-0.15, -0.1) is 0 Å². The van der Waals surface area contributed by atoms with Gasteiger partial charge in [-0.3, -0.25) is 4.57 Å². The van der Waals surface area contributed by atoms with Crippen molar-refractivity contribution >= 4 is 12.9 Å². The third-order valence-electron chi connectivity index (χ3n) is 1.63. The van der Waals surface area contributed by atoms with Gasteiger partial charge in [0.2, 0.25) is 0 Å². The summed E-state index contributed by atoms with van der Waals surface area (Å²) >= 11 is 0. The maximum atomic E-state index is 11.0. The molecule has 0 fully saturated rings. The van der Waals surface area contributed by atoms with Crippen LogP contribution >= 0.6 is 7.60 Å². The van der Waals surface area contributed by atoms with Crippen LogP contribution < -0.4 is 5.30 Å². The first-order chi connectivity index (χ1) is 6.59. The number of furan rings is 1. The van der Waals surface area contributed by atoms with Crippen molar-refractivity contribution < 1.29 is 23.3 Å². The summed E-state index contributed by atoms with van der Waals surface area (Å²) in [6.07, 6.45) is 2.49. The molecule has 2 heterocycles. The summed E-state index contributed by atoms with van der Waals surface area (Å²) in [7, 11) is -4.32. The van der Waals surface area contributed by atoms with E-state index in [4.69, 9.17) is 14.2 Å². The highest BCUT2D eigenvalue weighted by Crippen LogP contribution is 2.37. The minimum Gasteiger partial charge on any atom is -0.462 e. The van der Waals surface area contributed by atoms with Gasteiger partial charge in [-0.05, 0) is 6.07 Å². The lowest BCUT2D eigenvalue weighted by Crippen LogP contribution is -2.03. The fourth-order valence-corrected chi connectivity index (χ4v) is 1.74. The van der Waals surface area contributed by atoms with E-state index in [1.807, 2.05) is 0 Å². The fourth-order valence-electron chi connectivity index (χ4n) is 1.05. The molecule has 0 amide bonds. The monoisotopic (exact) mass is 215 g/mol. The standard InChI is InChI=1S/C7H6NO5P/c9-14(10,11)6-2-3-12-7(6)5-1-4-13-8-5/h1-4H,(H2,9,10,11). The molecule has 6 nitrogen and oxygen atoms in total. The first-order valence-corrected chi connectivity index (χ1v) is 5.24. The summed E-state index contributed by atoms with van der Waals surface area (Å²) in [5, 5.41) is 3.33. The molecule has 14 heavy (non-hydrogen) atoms. The minimum atomic E-state index is -4.32. The molecule has 0 radical (unpaired) electrons. The van der Waals surface area contributed by atoms with Crippen LogP contribution in [0.4, 0.5) is 0 Å². The van der Waals surface area contributed by atoms with E-state index in [-0.39, 0.29) is 16.8 Å². The fraction of sp³-hybridized carbons (Fsp3) is 0. The Bertz CT molecular complexity index is 468. The Labute approximate surface area is 78.3 Å². The summed E-state index contributed by atoms with van der Waals surface area (Å²) in [6, 6.07) is 2.67. The van der Waals surface area contributed by atoms with Crippen molar-refractivity contribution in [2.45, 2.75) is 0 Å². The summed E-state index contributed by atoms with van der Waals surface area (Å²) in [4.78, 5) is 17.9. The van der Waals surface area contributed by atoms with Gasteiger partial charge in [0.1, 0.15) is 17.3 Å². The van der Waals surface area contributed by atoms with Crippen LogP contribution in [-0.4, -0.2) is 14.9 Å². The van der Waals surface area contributed by atoms with Crippen LogP contribution in [0.3, 0.4) is 0 Å². The van der Waals surface area contributed by atoms with Crippen LogP contribution in [0.25, 0.3) is 11.5 Å². The highest BCUT2D eigenvalue weighted by Gasteiger charge is 2.26. The van der Waals surface area contributed by atoms with Gasteiger partial charge in [0.15, 0.2) is 5.76 Å². The van der Waals surface area contributed by atoms with E-state index in [1.165, 1.54) is 24.7 Å². The molecule has 0 atom stereocenters.